The van der Waals surface area contributed by atoms with E-state index in [2.05, 4.69) is 0 Å². The largest absolute Gasteiger partial charge is 0.448 e. The summed E-state index contributed by atoms with van der Waals surface area (Å²) in [6.45, 7) is 2.32. The molecule has 6 heteroatoms. The lowest BCUT2D eigenvalue weighted by atomic mass is 10.0. The number of unbranched alkanes of at least 4 members (excludes halogenated alkanes) is 1. The zero-order chi connectivity index (χ0) is 16.4. The van der Waals surface area contributed by atoms with Crippen LogP contribution in [0, 0.1) is 0 Å². The molecule has 1 aromatic carbocycles. The topological polar surface area (TPSA) is 98.7 Å². The molecule has 0 aliphatic heterocycles. The SMILES string of the molecule is CCCCOC(=O)N(N)C(CC(N)=C=O)Cc1ccccc1. The van der Waals surface area contributed by atoms with Crippen molar-refractivity contribution < 1.29 is 14.3 Å². The van der Waals surface area contributed by atoms with E-state index >= 15 is 0 Å². The van der Waals surface area contributed by atoms with E-state index in [1.54, 1.807) is 5.94 Å². The Morgan fingerprint density at radius 1 is 1.36 bits per heavy atom. The fourth-order valence-corrected chi connectivity index (χ4v) is 1.98. The lowest BCUT2D eigenvalue weighted by Gasteiger charge is -2.26. The summed E-state index contributed by atoms with van der Waals surface area (Å²) in [7, 11) is 0. The highest BCUT2D eigenvalue weighted by Crippen LogP contribution is 2.13. The Morgan fingerprint density at radius 2 is 2.05 bits per heavy atom. The van der Waals surface area contributed by atoms with Crippen LogP contribution < -0.4 is 11.6 Å². The Bertz CT molecular complexity index is 513. The predicted molar refractivity (Wildman–Crippen MR) is 84.2 cm³/mol. The van der Waals surface area contributed by atoms with Crippen LogP contribution in [0.3, 0.4) is 0 Å². The normalized spacial score (nSPS) is 11.4. The maximum absolute atomic E-state index is 11.9. The van der Waals surface area contributed by atoms with Crippen molar-refractivity contribution in [3.63, 3.8) is 0 Å². The molecular weight excluding hydrogens is 282 g/mol. The number of hydrogen-bond acceptors (Lipinski definition) is 5. The maximum Gasteiger partial charge on any atom is 0.424 e. The molecule has 0 heterocycles. The van der Waals surface area contributed by atoms with E-state index in [1.165, 1.54) is 0 Å². The number of ether oxygens (including phenoxy) is 1. The third kappa shape index (κ3) is 5.99. The van der Waals surface area contributed by atoms with Gasteiger partial charge in [0.2, 0.25) is 0 Å². The molecule has 0 radical (unpaired) electrons. The summed E-state index contributed by atoms with van der Waals surface area (Å²) in [6.07, 6.45) is 1.71. The number of hydrazine groups is 1. The minimum atomic E-state index is -0.618. The first kappa shape index (κ1) is 17.8. The minimum Gasteiger partial charge on any atom is -0.448 e. The molecule has 120 valence electrons. The van der Waals surface area contributed by atoms with Crippen molar-refractivity contribution in [2.75, 3.05) is 6.61 Å². The van der Waals surface area contributed by atoms with Gasteiger partial charge in [-0.15, -0.1) is 0 Å². The Hall–Kier alpha value is -2.30. The van der Waals surface area contributed by atoms with Crippen LogP contribution in [-0.4, -0.2) is 29.7 Å². The number of amides is 1. The predicted octanol–water partition coefficient (Wildman–Crippen LogP) is 1.77. The Balaban J connectivity index is 2.75. The summed E-state index contributed by atoms with van der Waals surface area (Å²) >= 11 is 0. The average Bonchev–Trinajstić information content (AvgIpc) is 2.54. The van der Waals surface area contributed by atoms with E-state index in [-0.39, 0.29) is 12.1 Å². The van der Waals surface area contributed by atoms with Gasteiger partial charge in [-0.25, -0.2) is 20.4 Å². The van der Waals surface area contributed by atoms with Crippen LogP contribution in [0.1, 0.15) is 31.7 Å². The smallest absolute Gasteiger partial charge is 0.424 e. The van der Waals surface area contributed by atoms with Gasteiger partial charge in [-0.05, 0) is 18.4 Å². The van der Waals surface area contributed by atoms with Gasteiger partial charge in [-0.3, -0.25) is 0 Å². The Kier molecular flexibility index (Phi) is 7.75. The van der Waals surface area contributed by atoms with Crippen LogP contribution in [0.25, 0.3) is 0 Å². The number of carbonyl (C=O) groups excluding carboxylic acids is 2. The molecule has 0 fully saturated rings. The Labute approximate surface area is 130 Å². The highest BCUT2D eigenvalue weighted by molar-refractivity contribution is 5.67. The first-order chi connectivity index (χ1) is 10.6. The van der Waals surface area contributed by atoms with Gasteiger partial charge in [0.05, 0.1) is 18.3 Å². The number of nitrogens with two attached hydrogens (primary N) is 2. The van der Waals surface area contributed by atoms with Crippen LogP contribution >= 0.6 is 0 Å². The van der Waals surface area contributed by atoms with Crippen molar-refractivity contribution in [3.8, 4) is 0 Å². The standard InChI is InChI=1S/C16H23N3O3/c1-2-3-9-22-16(21)19(18)15(11-14(17)12-20)10-13-7-5-4-6-8-13/h4-8,15H,2-3,9-11,17-18H2,1H3. The van der Waals surface area contributed by atoms with E-state index in [4.69, 9.17) is 16.3 Å². The number of rotatable bonds is 8. The molecule has 1 amide bonds. The van der Waals surface area contributed by atoms with Crippen molar-refractivity contribution in [2.45, 2.75) is 38.6 Å². The highest BCUT2D eigenvalue weighted by Gasteiger charge is 2.23. The van der Waals surface area contributed by atoms with E-state index in [1.807, 2.05) is 37.3 Å². The molecule has 0 saturated heterocycles. The molecule has 0 spiro atoms. The van der Waals surface area contributed by atoms with Gasteiger partial charge in [0.25, 0.3) is 0 Å². The van der Waals surface area contributed by atoms with Gasteiger partial charge in [0, 0.05) is 6.42 Å². The molecule has 0 saturated carbocycles. The molecule has 0 aliphatic carbocycles. The lowest BCUT2D eigenvalue weighted by molar-refractivity contribution is 0.0844. The molecule has 0 bridgehead atoms. The molecule has 1 atom stereocenters. The molecule has 4 N–H and O–H groups in total. The van der Waals surface area contributed by atoms with Crippen molar-refractivity contribution in [1.29, 1.82) is 0 Å². The summed E-state index contributed by atoms with van der Waals surface area (Å²) in [4.78, 5) is 22.6. The highest BCUT2D eigenvalue weighted by atomic mass is 16.6. The van der Waals surface area contributed by atoms with Crippen LogP contribution in [0.15, 0.2) is 36.0 Å². The second-order valence-corrected chi connectivity index (χ2v) is 5.05. The van der Waals surface area contributed by atoms with Crippen molar-refractivity contribution in [2.24, 2.45) is 11.6 Å². The second kappa shape index (κ2) is 9.60. The van der Waals surface area contributed by atoms with Gasteiger partial charge in [-0.1, -0.05) is 43.7 Å². The zero-order valence-electron chi connectivity index (χ0n) is 12.8. The van der Waals surface area contributed by atoms with Gasteiger partial charge in [0.15, 0.2) is 0 Å². The Morgan fingerprint density at radius 3 is 2.64 bits per heavy atom. The van der Waals surface area contributed by atoms with E-state index in [0.29, 0.717) is 13.0 Å². The summed E-state index contributed by atoms with van der Waals surface area (Å²) < 4.78 is 5.09. The molecule has 1 unspecified atom stereocenters. The third-order valence-electron chi connectivity index (χ3n) is 3.23. The van der Waals surface area contributed by atoms with E-state index in [0.717, 1.165) is 23.4 Å². The molecular formula is C16H23N3O3. The molecule has 0 aliphatic rings. The van der Waals surface area contributed by atoms with Crippen molar-refractivity contribution in [3.05, 3.63) is 41.6 Å². The van der Waals surface area contributed by atoms with Crippen LogP contribution in [0.4, 0.5) is 4.79 Å². The molecule has 6 nitrogen and oxygen atoms in total. The zero-order valence-corrected chi connectivity index (χ0v) is 12.8. The third-order valence-corrected chi connectivity index (χ3v) is 3.23. The number of carbonyl (C=O) groups is 1. The molecule has 22 heavy (non-hydrogen) atoms. The van der Waals surface area contributed by atoms with Crippen LogP contribution in [0.2, 0.25) is 0 Å². The summed E-state index contributed by atoms with van der Waals surface area (Å²) in [5.41, 5.74) is 6.56. The average molecular weight is 305 g/mol. The molecule has 1 aromatic rings. The van der Waals surface area contributed by atoms with Crippen molar-refractivity contribution >= 4 is 12.0 Å². The fourth-order valence-electron chi connectivity index (χ4n) is 1.98. The van der Waals surface area contributed by atoms with Gasteiger partial charge < -0.3 is 10.5 Å². The van der Waals surface area contributed by atoms with Gasteiger partial charge in [-0.2, -0.15) is 0 Å². The second-order valence-electron chi connectivity index (χ2n) is 5.05. The summed E-state index contributed by atoms with van der Waals surface area (Å²) in [6, 6.07) is 9.07. The molecule has 1 rings (SSSR count). The number of nitrogens with zero attached hydrogens (tertiary/aromatic N) is 1. The van der Waals surface area contributed by atoms with Gasteiger partial charge >= 0.3 is 6.09 Å². The van der Waals surface area contributed by atoms with Crippen LogP contribution in [-0.2, 0) is 16.0 Å². The van der Waals surface area contributed by atoms with Crippen LogP contribution in [0.5, 0.6) is 0 Å². The summed E-state index contributed by atoms with van der Waals surface area (Å²) in [5.74, 6) is 7.49. The van der Waals surface area contributed by atoms with Gasteiger partial charge in [0.1, 0.15) is 5.94 Å². The maximum atomic E-state index is 11.9. The monoisotopic (exact) mass is 305 g/mol. The van der Waals surface area contributed by atoms with E-state index in [9.17, 15) is 9.59 Å². The molecule has 0 aromatic heterocycles. The first-order valence-corrected chi connectivity index (χ1v) is 7.32. The minimum absolute atomic E-state index is 0.0257. The lowest BCUT2D eigenvalue weighted by Crippen LogP contribution is -2.47. The first-order valence-electron chi connectivity index (χ1n) is 7.32. The van der Waals surface area contributed by atoms with E-state index < -0.39 is 12.1 Å². The quantitative estimate of drug-likeness (QED) is 0.251. The van der Waals surface area contributed by atoms with Crippen molar-refractivity contribution in [1.82, 2.24) is 5.01 Å². The summed E-state index contributed by atoms with van der Waals surface area (Å²) in [5, 5.41) is 1.01. The number of hydrogen-bond donors (Lipinski definition) is 2. The number of benzene rings is 1. The fraction of sp³-hybridized carbons (Fsp3) is 0.438.